The quantitative estimate of drug-likeness (QED) is 0.342. The number of nitrogens with one attached hydrogen (secondary N) is 2. The molecule has 0 spiro atoms. The van der Waals surface area contributed by atoms with E-state index in [1.807, 2.05) is 47.6 Å². The highest BCUT2D eigenvalue weighted by Gasteiger charge is 2.28. The van der Waals surface area contributed by atoms with Gasteiger partial charge in [0.05, 0.1) is 17.1 Å². The minimum absolute atomic E-state index is 0.0642. The maximum atomic E-state index is 12.6. The standard InChI is InChI=1S/C25H38N8O2/c1-5-32(17(4)24(34)27-14-16(2)3)23-21(26)22(28-15-29-23)31-12-10-18(11-13-31)33-20-9-7-6-8-19(20)30-25(33)35/h6-9,15-18,24,27,34H,5,10-14,26H2,1-4H3,(H,30,35). The van der Waals surface area contributed by atoms with Gasteiger partial charge in [-0.05, 0) is 51.3 Å². The van der Waals surface area contributed by atoms with Crippen LogP contribution in [0.15, 0.2) is 35.4 Å². The summed E-state index contributed by atoms with van der Waals surface area (Å²) in [5.74, 6) is 1.77. The molecule has 0 saturated carbocycles. The van der Waals surface area contributed by atoms with Crippen LogP contribution in [-0.4, -0.2) is 63.1 Å². The summed E-state index contributed by atoms with van der Waals surface area (Å²) >= 11 is 0. The number of H-pyrrole nitrogens is 1. The summed E-state index contributed by atoms with van der Waals surface area (Å²) in [5.41, 5.74) is 8.86. The molecule has 3 heterocycles. The Kier molecular flexibility index (Phi) is 7.61. The second-order valence-electron chi connectivity index (χ2n) is 9.74. The Balaban J connectivity index is 1.50. The minimum Gasteiger partial charge on any atom is -0.393 e. The van der Waals surface area contributed by atoms with E-state index in [-0.39, 0.29) is 17.8 Å². The third-order valence-corrected chi connectivity index (χ3v) is 6.89. The van der Waals surface area contributed by atoms with E-state index in [1.165, 1.54) is 0 Å². The molecular formula is C25H38N8O2. The van der Waals surface area contributed by atoms with Gasteiger partial charge in [-0.1, -0.05) is 26.0 Å². The number of hydrogen-bond donors (Lipinski definition) is 4. The molecule has 1 saturated heterocycles. The van der Waals surface area contributed by atoms with E-state index in [9.17, 15) is 9.90 Å². The number of aromatic amines is 1. The molecule has 2 aromatic heterocycles. The number of rotatable bonds is 9. The van der Waals surface area contributed by atoms with E-state index < -0.39 is 6.23 Å². The second-order valence-corrected chi connectivity index (χ2v) is 9.74. The first-order valence-electron chi connectivity index (χ1n) is 12.5. The zero-order chi connectivity index (χ0) is 25.1. The van der Waals surface area contributed by atoms with Gasteiger partial charge < -0.3 is 25.6 Å². The van der Waals surface area contributed by atoms with Crippen LogP contribution in [0.5, 0.6) is 0 Å². The Morgan fingerprint density at radius 2 is 1.94 bits per heavy atom. The van der Waals surface area contributed by atoms with Gasteiger partial charge in [0.1, 0.15) is 18.2 Å². The van der Waals surface area contributed by atoms with Gasteiger partial charge in [-0.2, -0.15) is 0 Å². The number of aliphatic hydroxyl groups is 1. The van der Waals surface area contributed by atoms with E-state index in [0.717, 1.165) is 43.5 Å². The number of imidazole rings is 1. The molecule has 3 aromatic rings. The van der Waals surface area contributed by atoms with Crippen LogP contribution < -0.4 is 26.5 Å². The summed E-state index contributed by atoms with van der Waals surface area (Å²) in [6.45, 7) is 11.0. The minimum atomic E-state index is -0.708. The highest BCUT2D eigenvalue weighted by Crippen LogP contribution is 2.34. The van der Waals surface area contributed by atoms with Gasteiger partial charge in [-0.15, -0.1) is 0 Å². The van der Waals surface area contributed by atoms with Gasteiger partial charge in [0.25, 0.3) is 0 Å². The molecule has 2 atom stereocenters. The zero-order valence-corrected chi connectivity index (χ0v) is 21.1. The maximum Gasteiger partial charge on any atom is 0.326 e. The van der Waals surface area contributed by atoms with Crippen LogP contribution in [0.3, 0.4) is 0 Å². The number of likely N-dealkylation sites (N-methyl/N-ethyl adjacent to an activating group) is 1. The largest absolute Gasteiger partial charge is 0.393 e. The normalized spacial score (nSPS) is 16.7. The van der Waals surface area contributed by atoms with Crippen LogP contribution in [-0.2, 0) is 0 Å². The van der Waals surface area contributed by atoms with Crippen molar-refractivity contribution in [2.45, 2.75) is 58.8 Å². The van der Waals surface area contributed by atoms with Crippen molar-refractivity contribution in [1.29, 1.82) is 0 Å². The molecule has 0 bridgehead atoms. The van der Waals surface area contributed by atoms with Crippen LogP contribution in [0.2, 0.25) is 0 Å². The summed E-state index contributed by atoms with van der Waals surface area (Å²) in [6.07, 6.45) is 2.46. The molecule has 0 radical (unpaired) electrons. The highest BCUT2D eigenvalue weighted by molar-refractivity contribution is 5.76. The van der Waals surface area contributed by atoms with Crippen molar-refractivity contribution < 1.29 is 5.11 Å². The number of piperidine rings is 1. The topological polar surface area (TPSA) is 128 Å². The molecule has 0 aliphatic carbocycles. The fraction of sp³-hybridized carbons (Fsp3) is 0.560. The lowest BCUT2D eigenvalue weighted by molar-refractivity contribution is 0.108. The van der Waals surface area contributed by atoms with Gasteiger partial charge in [-0.3, -0.25) is 9.88 Å². The summed E-state index contributed by atoms with van der Waals surface area (Å²) in [7, 11) is 0. The average Bonchev–Trinajstić information content (AvgIpc) is 3.19. The lowest BCUT2D eigenvalue weighted by Gasteiger charge is -2.36. The van der Waals surface area contributed by atoms with Gasteiger partial charge in [-0.25, -0.2) is 14.8 Å². The van der Waals surface area contributed by atoms with E-state index in [4.69, 9.17) is 5.73 Å². The van der Waals surface area contributed by atoms with Crippen molar-refractivity contribution in [1.82, 2.24) is 24.8 Å². The van der Waals surface area contributed by atoms with Crippen LogP contribution in [0.1, 0.15) is 46.6 Å². The number of nitrogen functional groups attached to an aromatic ring is 1. The lowest BCUT2D eigenvalue weighted by Crippen LogP contribution is -2.50. The van der Waals surface area contributed by atoms with E-state index >= 15 is 0 Å². The molecule has 2 unspecified atom stereocenters. The molecule has 190 valence electrons. The van der Waals surface area contributed by atoms with Gasteiger partial charge in [0.15, 0.2) is 11.6 Å². The molecule has 35 heavy (non-hydrogen) atoms. The van der Waals surface area contributed by atoms with Crippen molar-refractivity contribution >= 4 is 28.4 Å². The third kappa shape index (κ3) is 5.13. The number of aliphatic hydroxyl groups excluding tert-OH is 1. The average molecular weight is 483 g/mol. The summed E-state index contributed by atoms with van der Waals surface area (Å²) in [5, 5.41) is 13.9. The molecule has 10 heteroatoms. The van der Waals surface area contributed by atoms with Crippen molar-refractivity contribution in [3.05, 3.63) is 41.1 Å². The third-order valence-electron chi connectivity index (χ3n) is 6.89. The number of nitrogens with two attached hydrogens (primary N) is 1. The van der Waals surface area contributed by atoms with Crippen molar-refractivity contribution in [2.75, 3.05) is 41.7 Å². The number of fused-ring (bicyclic) bond motifs is 1. The van der Waals surface area contributed by atoms with E-state index in [1.54, 1.807) is 6.33 Å². The molecule has 1 aromatic carbocycles. The number of para-hydroxylation sites is 2. The number of benzene rings is 1. The van der Waals surface area contributed by atoms with Gasteiger partial charge in [0, 0.05) is 25.7 Å². The van der Waals surface area contributed by atoms with Crippen molar-refractivity contribution in [3.63, 3.8) is 0 Å². The fourth-order valence-corrected chi connectivity index (χ4v) is 4.96. The van der Waals surface area contributed by atoms with Crippen LogP contribution in [0, 0.1) is 5.92 Å². The molecule has 4 rings (SSSR count). The molecule has 5 N–H and O–H groups in total. The summed E-state index contributed by atoms with van der Waals surface area (Å²) < 4.78 is 1.88. The number of hydrogen-bond acceptors (Lipinski definition) is 8. The predicted molar refractivity (Wildman–Crippen MR) is 141 cm³/mol. The second kappa shape index (κ2) is 10.7. The van der Waals surface area contributed by atoms with Crippen molar-refractivity contribution in [3.8, 4) is 0 Å². The van der Waals surface area contributed by atoms with Crippen LogP contribution >= 0.6 is 0 Å². The monoisotopic (exact) mass is 482 g/mol. The van der Waals surface area contributed by atoms with Gasteiger partial charge >= 0.3 is 5.69 Å². The van der Waals surface area contributed by atoms with E-state index in [0.29, 0.717) is 29.8 Å². The molecule has 1 aliphatic heterocycles. The van der Waals surface area contributed by atoms with Gasteiger partial charge in [0.2, 0.25) is 0 Å². The zero-order valence-electron chi connectivity index (χ0n) is 21.1. The molecule has 10 nitrogen and oxygen atoms in total. The van der Waals surface area contributed by atoms with Crippen LogP contribution in [0.4, 0.5) is 17.3 Å². The Morgan fingerprint density at radius 1 is 1.23 bits per heavy atom. The number of aromatic nitrogens is 4. The number of nitrogens with zero attached hydrogens (tertiary/aromatic N) is 5. The molecular weight excluding hydrogens is 444 g/mol. The lowest BCUT2D eigenvalue weighted by atomic mass is 10.0. The Morgan fingerprint density at radius 3 is 2.63 bits per heavy atom. The first-order valence-corrected chi connectivity index (χ1v) is 12.5. The van der Waals surface area contributed by atoms with Crippen molar-refractivity contribution in [2.24, 2.45) is 5.92 Å². The summed E-state index contributed by atoms with van der Waals surface area (Å²) in [4.78, 5) is 28.7. The fourth-order valence-electron chi connectivity index (χ4n) is 4.96. The Labute approximate surface area is 206 Å². The first kappa shape index (κ1) is 25.0. The SMILES string of the molecule is CCN(c1ncnc(N2CCC(n3c(=O)[nH]c4ccccc43)CC2)c1N)C(C)C(O)NCC(C)C. The Hall–Kier alpha value is -3.11. The maximum absolute atomic E-state index is 12.6. The molecule has 1 fully saturated rings. The molecule has 0 amide bonds. The predicted octanol–water partition coefficient (Wildman–Crippen LogP) is 2.32. The summed E-state index contributed by atoms with van der Waals surface area (Å²) in [6, 6.07) is 7.70. The first-order chi connectivity index (χ1) is 16.8. The molecule has 1 aliphatic rings. The van der Waals surface area contributed by atoms with Crippen LogP contribution in [0.25, 0.3) is 11.0 Å². The highest BCUT2D eigenvalue weighted by atomic mass is 16.3. The Bertz CT molecular complexity index is 1180. The smallest absolute Gasteiger partial charge is 0.326 e. The van der Waals surface area contributed by atoms with E-state index in [2.05, 4.69) is 39.0 Å². The number of anilines is 3.